The lowest BCUT2D eigenvalue weighted by Crippen LogP contribution is -2.43. The normalized spacial score (nSPS) is 32.8. The fraction of sp³-hybridized carbons (Fsp3) is 1.00. The molecule has 1 aliphatic rings. The lowest BCUT2D eigenvalue weighted by molar-refractivity contribution is 0.222. The molecule has 13 heavy (non-hydrogen) atoms. The molecule has 0 saturated carbocycles. The Morgan fingerprint density at radius 2 is 2.08 bits per heavy atom. The van der Waals surface area contributed by atoms with Gasteiger partial charge in [-0.3, -0.25) is 4.90 Å². The second-order valence-electron chi connectivity index (χ2n) is 4.41. The van der Waals surface area contributed by atoms with Crippen molar-refractivity contribution in [2.45, 2.75) is 38.4 Å². The minimum atomic E-state index is 0.323. The first-order valence-corrected chi connectivity index (χ1v) is 5.22. The summed E-state index contributed by atoms with van der Waals surface area (Å²) in [5.41, 5.74) is 6.08. The summed E-state index contributed by atoms with van der Waals surface area (Å²) < 4.78 is 0. The van der Waals surface area contributed by atoms with Crippen LogP contribution in [0.15, 0.2) is 0 Å². The van der Waals surface area contributed by atoms with Crippen molar-refractivity contribution in [3.8, 4) is 0 Å². The summed E-state index contributed by atoms with van der Waals surface area (Å²) in [6.07, 6.45) is 1.22. The Kier molecular flexibility index (Phi) is 3.71. The van der Waals surface area contributed by atoms with Crippen LogP contribution in [0.25, 0.3) is 0 Å². The standard InChI is InChI=1S/C10H23N3/c1-5-8(2)13-6-9(11)10(7-13)12(3)4/h8-10H,5-7,11H2,1-4H3. The maximum atomic E-state index is 6.08. The van der Waals surface area contributed by atoms with E-state index in [2.05, 4.69) is 37.7 Å². The summed E-state index contributed by atoms with van der Waals surface area (Å²) in [4.78, 5) is 4.74. The van der Waals surface area contributed by atoms with Gasteiger partial charge in [0.2, 0.25) is 0 Å². The van der Waals surface area contributed by atoms with Gasteiger partial charge in [0.05, 0.1) is 0 Å². The van der Waals surface area contributed by atoms with Gasteiger partial charge in [0.25, 0.3) is 0 Å². The summed E-state index contributed by atoms with van der Waals surface area (Å²) in [6.45, 7) is 6.70. The highest BCUT2D eigenvalue weighted by Gasteiger charge is 2.32. The van der Waals surface area contributed by atoms with Crippen molar-refractivity contribution in [2.24, 2.45) is 5.73 Å². The summed E-state index contributed by atoms with van der Waals surface area (Å²) >= 11 is 0. The minimum Gasteiger partial charge on any atom is -0.325 e. The summed E-state index contributed by atoms with van der Waals surface area (Å²) in [5, 5.41) is 0. The molecule has 0 aliphatic carbocycles. The molecule has 0 aromatic heterocycles. The predicted molar refractivity (Wildman–Crippen MR) is 56.8 cm³/mol. The maximum absolute atomic E-state index is 6.08. The van der Waals surface area contributed by atoms with Gasteiger partial charge in [-0.15, -0.1) is 0 Å². The first-order chi connectivity index (χ1) is 6.06. The smallest absolute Gasteiger partial charge is 0.0380 e. The molecule has 3 heteroatoms. The molecule has 78 valence electrons. The van der Waals surface area contributed by atoms with Crippen LogP contribution in [-0.2, 0) is 0 Å². The molecule has 0 bridgehead atoms. The Morgan fingerprint density at radius 1 is 1.46 bits per heavy atom. The highest BCUT2D eigenvalue weighted by atomic mass is 15.3. The van der Waals surface area contributed by atoms with Crippen molar-refractivity contribution >= 4 is 0 Å². The monoisotopic (exact) mass is 185 g/mol. The molecular weight excluding hydrogens is 162 g/mol. The zero-order valence-corrected chi connectivity index (χ0v) is 9.33. The zero-order valence-electron chi connectivity index (χ0n) is 9.33. The van der Waals surface area contributed by atoms with Crippen molar-refractivity contribution in [2.75, 3.05) is 27.2 Å². The second-order valence-corrected chi connectivity index (χ2v) is 4.41. The SMILES string of the molecule is CCC(C)N1CC(N)C(N(C)C)C1. The van der Waals surface area contributed by atoms with E-state index in [1.165, 1.54) is 6.42 Å². The van der Waals surface area contributed by atoms with E-state index >= 15 is 0 Å². The summed E-state index contributed by atoms with van der Waals surface area (Å²) in [5.74, 6) is 0. The number of hydrogen-bond donors (Lipinski definition) is 1. The van der Waals surface area contributed by atoms with Gasteiger partial charge in [-0.25, -0.2) is 0 Å². The van der Waals surface area contributed by atoms with Gasteiger partial charge in [0, 0.05) is 31.2 Å². The Balaban J connectivity index is 2.49. The molecule has 1 aliphatic heterocycles. The molecule has 1 fully saturated rings. The highest BCUT2D eigenvalue weighted by Crippen LogP contribution is 2.16. The van der Waals surface area contributed by atoms with Crippen LogP contribution in [0.2, 0.25) is 0 Å². The first kappa shape index (κ1) is 11.0. The van der Waals surface area contributed by atoms with E-state index < -0.39 is 0 Å². The van der Waals surface area contributed by atoms with Crippen LogP contribution in [0.1, 0.15) is 20.3 Å². The van der Waals surface area contributed by atoms with Crippen LogP contribution in [-0.4, -0.2) is 55.1 Å². The van der Waals surface area contributed by atoms with Crippen molar-refractivity contribution in [3.63, 3.8) is 0 Å². The Morgan fingerprint density at radius 3 is 2.46 bits per heavy atom. The van der Waals surface area contributed by atoms with Crippen LogP contribution in [0.4, 0.5) is 0 Å². The van der Waals surface area contributed by atoms with Crippen LogP contribution < -0.4 is 5.73 Å². The number of rotatable bonds is 3. The summed E-state index contributed by atoms with van der Waals surface area (Å²) in [7, 11) is 4.23. The van der Waals surface area contributed by atoms with Gasteiger partial charge in [-0.1, -0.05) is 6.92 Å². The van der Waals surface area contributed by atoms with E-state index in [0.29, 0.717) is 18.1 Å². The number of nitrogens with two attached hydrogens (primary N) is 1. The Hall–Kier alpha value is -0.120. The number of likely N-dealkylation sites (N-methyl/N-ethyl adjacent to an activating group) is 1. The molecule has 0 aromatic carbocycles. The maximum Gasteiger partial charge on any atom is 0.0380 e. The molecule has 3 atom stereocenters. The van der Waals surface area contributed by atoms with E-state index in [-0.39, 0.29) is 0 Å². The van der Waals surface area contributed by atoms with E-state index in [1.807, 2.05) is 0 Å². The van der Waals surface area contributed by atoms with Crippen LogP contribution in [0.3, 0.4) is 0 Å². The lowest BCUT2D eigenvalue weighted by Gasteiger charge is -2.24. The average molecular weight is 185 g/mol. The third-order valence-electron chi connectivity index (χ3n) is 3.24. The number of likely N-dealkylation sites (tertiary alicyclic amines) is 1. The topological polar surface area (TPSA) is 32.5 Å². The predicted octanol–water partition coefficient (Wildman–Crippen LogP) is 0.358. The third kappa shape index (κ3) is 2.42. The molecule has 3 unspecified atom stereocenters. The van der Waals surface area contributed by atoms with Crippen molar-refractivity contribution < 1.29 is 0 Å². The molecule has 1 heterocycles. The van der Waals surface area contributed by atoms with E-state index in [4.69, 9.17) is 5.73 Å². The molecule has 1 rings (SSSR count). The number of nitrogens with zero attached hydrogens (tertiary/aromatic N) is 2. The largest absolute Gasteiger partial charge is 0.325 e. The van der Waals surface area contributed by atoms with Gasteiger partial charge in [0.15, 0.2) is 0 Å². The van der Waals surface area contributed by atoms with Crippen molar-refractivity contribution in [1.29, 1.82) is 0 Å². The lowest BCUT2D eigenvalue weighted by atomic mass is 10.2. The first-order valence-electron chi connectivity index (χ1n) is 5.22. The van der Waals surface area contributed by atoms with Crippen LogP contribution in [0.5, 0.6) is 0 Å². The van der Waals surface area contributed by atoms with Gasteiger partial charge < -0.3 is 10.6 Å². The van der Waals surface area contributed by atoms with Gasteiger partial charge in [-0.2, -0.15) is 0 Å². The Bertz CT molecular complexity index is 158. The molecule has 0 amide bonds. The molecule has 2 N–H and O–H groups in total. The van der Waals surface area contributed by atoms with Gasteiger partial charge in [-0.05, 0) is 27.4 Å². The second kappa shape index (κ2) is 4.40. The fourth-order valence-electron chi connectivity index (χ4n) is 2.01. The minimum absolute atomic E-state index is 0.323. The van der Waals surface area contributed by atoms with E-state index in [9.17, 15) is 0 Å². The Labute approximate surface area is 81.9 Å². The third-order valence-corrected chi connectivity index (χ3v) is 3.24. The van der Waals surface area contributed by atoms with E-state index in [0.717, 1.165) is 13.1 Å². The van der Waals surface area contributed by atoms with Crippen LogP contribution in [0, 0.1) is 0 Å². The zero-order chi connectivity index (χ0) is 10.0. The highest BCUT2D eigenvalue weighted by molar-refractivity contribution is 4.93. The molecule has 0 spiro atoms. The molecule has 0 radical (unpaired) electrons. The summed E-state index contributed by atoms with van der Waals surface area (Å²) in [6, 6.07) is 1.54. The van der Waals surface area contributed by atoms with Crippen molar-refractivity contribution in [3.05, 3.63) is 0 Å². The molecule has 0 aromatic rings. The quantitative estimate of drug-likeness (QED) is 0.689. The number of hydrogen-bond acceptors (Lipinski definition) is 3. The average Bonchev–Trinajstić information content (AvgIpc) is 2.46. The molecule has 3 nitrogen and oxygen atoms in total. The fourth-order valence-corrected chi connectivity index (χ4v) is 2.01. The van der Waals surface area contributed by atoms with Gasteiger partial charge in [0.1, 0.15) is 0 Å². The van der Waals surface area contributed by atoms with Gasteiger partial charge >= 0.3 is 0 Å². The van der Waals surface area contributed by atoms with E-state index in [1.54, 1.807) is 0 Å². The van der Waals surface area contributed by atoms with Crippen LogP contribution >= 0.6 is 0 Å². The molecular formula is C10H23N3. The van der Waals surface area contributed by atoms with Crippen molar-refractivity contribution in [1.82, 2.24) is 9.80 Å². The molecule has 1 saturated heterocycles.